The number of para-hydroxylation sites is 2. The number of nitrogens with one attached hydrogen (secondary N) is 1. The minimum absolute atomic E-state index is 0.401. The van der Waals surface area contributed by atoms with Crippen molar-refractivity contribution in [3.8, 4) is 0 Å². The Bertz CT molecular complexity index is 588. The van der Waals surface area contributed by atoms with Crippen molar-refractivity contribution < 1.29 is 4.74 Å². The fourth-order valence-electron chi connectivity index (χ4n) is 2.98. The molecule has 1 aromatic heterocycles. The van der Waals surface area contributed by atoms with Gasteiger partial charge in [-0.25, -0.2) is 4.98 Å². The summed E-state index contributed by atoms with van der Waals surface area (Å²) in [6.45, 7) is 3.66. The zero-order chi connectivity index (χ0) is 12.7. The van der Waals surface area contributed by atoms with Crippen LogP contribution in [0.25, 0.3) is 11.0 Å². The lowest BCUT2D eigenvalue weighted by Gasteiger charge is -2.30. The second-order valence-corrected chi connectivity index (χ2v) is 5.32. The molecule has 0 saturated carbocycles. The van der Waals surface area contributed by atoms with Gasteiger partial charge in [-0.3, -0.25) is 9.47 Å². The van der Waals surface area contributed by atoms with Crippen LogP contribution in [-0.2, 0) is 11.4 Å². The Kier molecular flexibility index (Phi) is 2.67. The van der Waals surface area contributed by atoms with Crippen molar-refractivity contribution in [3.05, 3.63) is 24.3 Å². The van der Waals surface area contributed by atoms with Crippen molar-refractivity contribution in [1.29, 1.82) is 0 Å². The van der Waals surface area contributed by atoms with Crippen molar-refractivity contribution in [2.45, 2.75) is 25.6 Å². The van der Waals surface area contributed by atoms with Crippen LogP contribution < -0.4 is 5.32 Å². The Morgan fingerprint density at radius 2 is 2.32 bits per heavy atom. The van der Waals surface area contributed by atoms with Crippen LogP contribution in [0.15, 0.2) is 24.3 Å². The van der Waals surface area contributed by atoms with E-state index in [1.807, 2.05) is 6.07 Å². The second kappa shape index (κ2) is 4.51. The topological polar surface area (TPSA) is 42.3 Å². The lowest BCUT2D eigenvalue weighted by Crippen LogP contribution is -2.41. The highest BCUT2D eigenvalue weighted by atomic mass is 16.5. The predicted octanol–water partition coefficient (Wildman–Crippen LogP) is 1.86. The number of hydrogen-bond acceptors (Lipinski definition) is 4. The highest BCUT2D eigenvalue weighted by Gasteiger charge is 2.23. The summed E-state index contributed by atoms with van der Waals surface area (Å²) in [5, 5.41) is 3.40. The average molecular weight is 258 g/mol. The summed E-state index contributed by atoms with van der Waals surface area (Å²) in [5.41, 5.74) is 2.26. The summed E-state index contributed by atoms with van der Waals surface area (Å²) in [6.07, 6.45) is 2.79. The smallest absolute Gasteiger partial charge is 0.206 e. The highest BCUT2D eigenvalue weighted by molar-refractivity contribution is 5.78. The van der Waals surface area contributed by atoms with Gasteiger partial charge in [-0.15, -0.1) is 0 Å². The van der Waals surface area contributed by atoms with Crippen molar-refractivity contribution in [3.63, 3.8) is 0 Å². The number of imidazole rings is 1. The summed E-state index contributed by atoms with van der Waals surface area (Å²) in [4.78, 5) is 7.00. The van der Waals surface area contributed by atoms with Crippen LogP contribution in [0.3, 0.4) is 0 Å². The van der Waals surface area contributed by atoms with Crippen molar-refractivity contribution in [2.24, 2.45) is 0 Å². The fourth-order valence-corrected chi connectivity index (χ4v) is 2.98. The van der Waals surface area contributed by atoms with Gasteiger partial charge in [0.15, 0.2) is 0 Å². The molecule has 2 aliphatic heterocycles. The third kappa shape index (κ3) is 1.99. The Balaban J connectivity index is 1.58. The zero-order valence-corrected chi connectivity index (χ0v) is 10.9. The number of nitrogens with zero attached hydrogens (tertiary/aromatic N) is 3. The minimum Gasteiger partial charge on any atom is -0.377 e. The maximum Gasteiger partial charge on any atom is 0.206 e. The van der Waals surface area contributed by atoms with Gasteiger partial charge < -0.3 is 10.1 Å². The van der Waals surface area contributed by atoms with Crippen LogP contribution in [0.5, 0.6) is 0 Å². The zero-order valence-electron chi connectivity index (χ0n) is 10.9. The molecular weight excluding hydrogens is 240 g/mol. The van der Waals surface area contributed by atoms with E-state index in [9.17, 15) is 0 Å². The van der Waals surface area contributed by atoms with Crippen LogP contribution >= 0.6 is 0 Å². The molecule has 1 aromatic carbocycles. The van der Waals surface area contributed by atoms with Crippen LogP contribution in [0.1, 0.15) is 12.8 Å². The number of anilines is 1. The molecule has 0 radical (unpaired) electrons. The number of benzene rings is 1. The van der Waals surface area contributed by atoms with Gasteiger partial charge >= 0.3 is 0 Å². The van der Waals surface area contributed by atoms with Gasteiger partial charge in [0.1, 0.15) is 0 Å². The summed E-state index contributed by atoms with van der Waals surface area (Å²) in [5.74, 6) is 0.977. The molecule has 0 aliphatic carbocycles. The first-order valence-corrected chi connectivity index (χ1v) is 6.93. The van der Waals surface area contributed by atoms with Crippen LogP contribution in [-0.4, -0.2) is 40.4 Å². The van der Waals surface area contributed by atoms with E-state index in [2.05, 4.69) is 38.0 Å². The number of rotatable bonds is 2. The van der Waals surface area contributed by atoms with E-state index in [1.165, 1.54) is 18.4 Å². The summed E-state index contributed by atoms with van der Waals surface area (Å²) in [7, 11) is 0. The molecule has 5 nitrogen and oxygen atoms in total. The van der Waals surface area contributed by atoms with Crippen molar-refractivity contribution in [1.82, 2.24) is 14.5 Å². The van der Waals surface area contributed by atoms with E-state index in [1.54, 1.807) is 0 Å². The van der Waals surface area contributed by atoms with Gasteiger partial charge in [-0.2, -0.15) is 0 Å². The predicted molar refractivity (Wildman–Crippen MR) is 73.9 cm³/mol. The Morgan fingerprint density at radius 1 is 1.37 bits per heavy atom. The van der Waals surface area contributed by atoms with Crippen LogP contribution in [0.2, 0.25) is 0 Å². The third-order valence-electron chi connectivity index (χ3n) is 3.94. The molecule has 1 saturated heterocycles. The number of ether oxygens (including phenoxy) is 1. The van der Waals surface area contributed by atoms with Gasteiger partial charge in [0.25, 0.3) is 0 Å². The van der Waals surface area contributed by atoms with E-state index in [4.69, 9.17) is 4.74 Å². The molecular formula is C14H18N4O. The first-order valence-electron chi connectivity index (χ1n) is 6.93. The van der Waals surface area contributed by atoms with Crippen molar-refractivity contribution >= 4 is 17.0 Å². The lowest BCUT2D eigenvalue weighted by molar-refractivity contribution is 0.0631. The first-order chi connectivity index (χ1) is 9.40. The molecule has 0 bridgehead atoms. The van der Waals surface area contributed by atoms with Gasteiger partial charge in [0, 0.05) is 13.2 Å². The fraction of sp³-hybridized carbons (Fsp3) is 0.500. The van der Waals surface area contributed by atoms with E-state index in [-0.39, 0.29) is 0 Å². The second-order valence-electron chi connectivity index (χ2n) is 5.32. The van der Waals surface area contributed by atoms with E-state index in [0.717, 1.165) is 38.0 Å². The minimum atomic E-state index is 0.401. The van der Waals surface area contributed by atoms with Crippen molar-refractivity contribution in [2.75, 3.05) is 25.1 Å². The normalized spacial score (nSPS) is 23.5. The quantitative estimate of drug-likeness (QED) is 0.893. The number of aromatic nitrogens is 2. The third-order valence-corrected chi connectivity index (χ3v) is 3.94. The molecule has 0 unspecified atom stereocenters. The maximum atomic E-state index is 5.72. The first kappa shape index (κ1) is 11.3. The molecule has 100 valence electrons. The van der Waals surface area contributed by atoms with Crippen LogP contribution in [0, 0.1) is 0 Å². The molecule has 5 heteroatoms. The van der Waals surface area contributed by atoms with E-state index < -0.39 is 0 Å². The summed E-state index contributed by atoms with van der Waals surface area (Å²) >= 11 is 0. The Morgan fingerprint density at radius 3 is 3.21 bits per heavy atom. The van der Waals surface area contributed by atoms with E-state index in [0.29, 0.717) is 6.10 Å². The molecule has 0 amide bonds. The number of fused-ring (bicyclic) bond motifs is 3. The van der Waals surface area contributed by atoms with Gasteiger partial charge in [-0.1, -0.05) is 12.1 Å². The standard InChI is InChI=1S/C14H18N4O/c1-2-6-13-12(5-1)16-14-15-9-17(10-18(13)14)8-11-4-3-7-19-11/h1-2,5-6,11H,3-4,7-10H2,(H,15,16)/t11-/m1/s1. The molecule has 1 atom stereocenters. The molecule has 19 heavy (non-hydrogen) atoms. The van der Waals surface area contributed by atoms with Crippen LogP contribution in [0.4, 0.5) is 5.95 Å². The summed E-state index contributed by atoms with van der Waals surface area (Å²) in [6, 6.07) is 8.29. The maximum absolute atomic E-state index is 5.72. The Labute approximate surface area is 112 Å². The molecule has 0 spiro atoms. The molecule has 2 aromatic rings. The lowest BCUT2D eigenvalue weighted by atomic mass is 10.2. The average Bonchev–Trinajstić information content (AvgIpc) is 3.06. The SMILES string of the molecule is c1ccc2c(c1)nc1n2CN(C[C@H]2CCCO2)CN1. The monoisotopic (exact) mass is 258 g/mol. The molecule has 2 aliphatic rings. The molecule has 4 rings (SSSR count). The largest absolute Gasteiger partial charge is 0.377 e. The number of hydrogen-bond donors (Lipinski definition) is 1. The van der Waals surface area contributed by atoms with E-state index >= 15 is 0 Å². The summed E-state index contributed by atoms with van der Waals surface area (Å²) < 4.78 is 7.96. The van der Waals surface area contributed by atoms with Gasteiger partial charge in [0.05, 0.1) is 30.5 Å². The Hall–Kier alpha value is -1.59. The molecule has 3 heterocycles. The molecule has 1 fully saturated rings. The molecule has 1 N–H and O–H groups in total. The van der Waals surface area contributed by atoms with Gasteiger partial charge in [0.2, 0.25) is 5.95 Å². The van der Waals surface area contributed by atoms with Gasteiger partial charge in [-0.05, 0) is 25.0 Å². The highest BCUT2D eigenvalue weighted by Crippen LogP contribution is 2.23.